The zero-order valence-electron chi connectivity index (χ0n) is 8.90. The molecule has 0 amide bonds. The first-order valence-electron chi connectivity index (χ1n) is 5.05. The number of hydrazone groups is 1. The van der Waals surface area contributed by atoms with E-state index in [0.717, 1.165) is 11.3 Å². The van der Waals surface area contributed by atoms with Gasteiger partial charge in [0, 0.05) is 0 Å². The van der Waals surface area contributed by atoms with E-state index in [0.29, 0.717) is 10.0 Å². The van der Waals surface area contributed by atoms with Crippen LogP contribution in [0.5, 0.6) is 0 Å². The van der Waals surface area contributed by atoms with Crippen LogP contribution in [0, 0.1) is 0 Å². The third-order valence-corrected chi connectivity index (χ3v) is 2.87. The molecule has 86 valence electrons. The molecule has 2 rings (SSSR count). The molecule has 0 aliphatic heterocycles. The molecule has 0 aliphatic rings. The summed E-state index contributed by atoms with van der Waals surface area (Å²) in [4.78, 5) is 0. The van der Waals surface area contributed by atoms with Gasteiger partial charge in [0.05, 0.1) is 21.9 Å². The van der Waals surface area contributed by atoms with E-state index in [4.69, 9.17) is 23.2 Å². The minimum Gasteiger partial charge on any atom is -0.278 e. The molecule has 0 radical (unpaired) electrons. The smallest absolute Gasteiger partial charge is 0.0613 e. The fourth-order valence-electron chi connectivity index (χ4n) is 1.29. The molecule has 2 aromatic rings. The average molecular weight is 265 g/mol. The maximum atomic E-state index is 5.89. The van der Waals surface area contributed by atoms with E-state index in [1.54, 1.807) is 18.3 Å². The second kappa shape index (κ2) is 5.71. The Balaban J connectivity index is 2.03. The Morgan fingerprint density at radius 1 is 0.941 bits per heavy atom. The van der Waals surface area contributed by atoms with Gasteiger partial charge in [-0.2, -0.15) is 5.10 Å². The lowest BCUT2D eigenvalue weighted by atomic mass is 10.2. The first kappa shape index (κ1) is 12.0. The van der Waals surface area contributed by atoms with E-state index in [-0.39, 0.29) is 0 Å². The van der Waals surface area contributed by atoms with Crippen molar-refractivity contribution in [3.8, 4) is 0 Å². The van der Waals surface area contributed by atoms with E-state index < -0.39 is 0 Å². The van der Waals surface area contributed by atoms with Gasteiger partial charge in [0.15, 0.2) is 0 Å². The van der Waals surface area contributed by atoms with Crippen LogP contribution < -0.4 is 5.43 Å². The summed E-state index contributed by atoms with van der Waals surface area (Å²) in [6.45, 7) is 0. The highest BCUT2D eigenvalue weighted by atomic mass is 35.5. The maximum Gasteiger partial charge on any atom is 0.0613 e. The Morgan fingerprint density at radius 2 is 1.71 bits per heavy atom. The van der Waals surface area contributed by atoms with Gasteiger partial charge >= 0.3 is 0 Å². The van der Waals surface area contributed by atoms with Crippen molar-refractivity contribution in [1.29, 1.82) is 0 Å². The minimum absolute atomic E-state index is 0.506. The number of rotatable bonds is 3. The van der Waals surface area contributed by atoms with Gasteiger partial charge in [-0.05, 0) is 23.8 Å². The van der Waals surface area contributed by atoms with Crippen molar-refractivity contribution in [1.82, 2.24) is 0 Å². The Hall–Kier alpha value is -1.51. The molecule has 0 saturated heterocycles. The third-order valence-electron chi connectivity index (χ3n) is 2.13. The molecule has 0 aliphatic carbocycles. The highest BCUT2D eigenvalue weighted by molar-refractivity contribution is 6.42. The van der Waals surface area contributed by atoms with Crippen LogP contribution in [0.2, 0.25) is 10.0 Å². The number of halogens is 2. The van der Waals surface area contributed by atoms with Crippen molar-refractivity contribution in [2.75, 3.05) is 5.43 Å². The third kappa shape index (κ3) is 3.48. The highest BCUT2D eigenvalue weighted by Crippen LogP contribution is 2.24. The Morgan fingerprint density at radius 3 is 2.41 bits per heavy atom. The number of hydrogen-bond donors (Lipinski definition) is 1. The van der Waals surface area contributed by atoms with Crippen LogP contribution in [0.1, 0.15) is 5.56 Å². The fraction of sp³-hybridized carbons (Fsp3) is 0. The van der Waals surface area contributed by atoms with Gasteiger partial charge < -0.3 is 0 Å². The first-order valence-corrected chi connectivity index (χ1v) is 5.80. The summed E-state index contributed by atoms with van der Waals surface area (Å²) in [5, 5.41) is 5.14. The van der Waals surface area contributed by atoms with Crippen molar-refractivity contribution in [2.45, 2.75) is 0 Å². The molecule has 1 N–H and O–H groups in total. The van der Waals surface area contributed by atoms with Gasteiger partial charge in [-0.3, -0.25) is 5.43 Å². The first-order chi connectivity index (χ1) is 8.25. The molecule has 0 aromatic heterocycles. The van der Waals surface area contributed by atoms with E-state index in [9.17, 15) is 0 Å². The van der Waals surface area contributed by atoms with Gasteiger partial charge in [0.2, 0.25) is 0 Å². The fourth-order valence-corrected chi connectivity index (χ4v) is 1.58. The normalized spacial score (nSPS) is 10.7. The molecule has 0 saturated carbocycles. The Kier molecular flexibility index (Phi) is 4.02. The average Bonchev–Trinajstić information content (AvgIpc) is 2.35. The number of benzene rings is 2. The zero-order valence-corrected chi connectivity index (χ0v) is 10.4. The number of nitrogens with one attached hydrogen (secondary N) is 1. The van der Waals surface area contributed by atoms with Crippen molar-refractivity contribution in [2.24, 2.45) is 5.10 Å². The van der Waals surface area contributed by atoms with Gasteiger partial charge in [0.1, 0.15) is 0 Å². The van der Waals surface area contributed by atoms with Crippen molar-refractivity contribution in [3.63, 3.8) is 0 Å². The number of nitrogens with zero attached hydrogens (tertiary/aromatic N) is 1. The predicted molar refractivity (Wildman–Crippen MR) is 74.1 cm³/mol. The Labute approximate surface area is 110 Å². The van der Waals surface area contributed by atoms with E-state index in [1.165, 1.54) is 0 Å². The van der Waals surface area contributed by atoms with Crippen molar-refractivity contribution in [3.05, 3.63) is 64.1 Å². The van der Waals surface area contributed by atoms with Crippen LogP contribution in [-0.2, 0) is 0 Å². The Bertz CT molecular complexity index is 524. The molecule has 0 bridgehead atoms. The lowest BCUT2D eigenvalue weighted by Crippen LogP contribution is -1.90. The van der Waals surface area contributed by atoms with Crippen LogP contribution in [0.3, 0.4) is 0 Å². The minimum atomic E-state index is 0.506. The molecular weight excluding hydrogens is 255 g/mol. The topological polar surface area (TPSA) is 24.4 Å². The monoisotopic (exact) mass is 264 g/mol. The summed E-state index contributed by atoms with van der Waals surface area (Å²) < 4.78 is 0. The molecule has 0 fully saturated rings. The van der Waals surface area contributed by atoms with Gasteiger partial charge in [-0.15, -0.1) is 0 Å². The maximum absolute atomic E-state index is 5.89. The molecule has 0 heterocycles. The molecule has 17 heavy (non-hydrogen) atoms. The summed E-state index contributed by atoms with van der Waals surface area (Å²) in [6, 6.07) is 15.1. The van der Waals surface area contributed by atoms with Crippen molar-refractivity contribution < 1.29 is 0 Å². The predicted octanol–water partition coefficient (Wildman–Crippen LogP) is 4.44. The van der Waals surface area contributed by atoms with Crippen LogP contribution in [0.25, 0.3) is 0 Å². The molecule has 4 heteroatoms. The van der Waals surface area contributed by atoms with Gasteiger partial charge in [0.25, 0.3) is 0 Å². The summed E-state index contributed by atoms with van der Waals surface area (Å²) in [5.74, 6) is 0. The SMILES string of the molecule is Clc1ccc(N/N=C/c2ccccc2)cc1Cl. The molecule has 2 aromatic carbocycles. The van der Waals surface area contributed by atoms with Crippen LogP contribution in [0.4, 0.5) is 5.69 Å². The van der Waals surface area contributed by atoms with E-state index in [2.05, 4.69) is 10.5 Å². The summed E-state index contributed by atoms with van der Waals surface area (Å²) >= 11 is 11.7. The lowest BCUT2D eigenvalue weighted by Gasteiger charge is -2.01. The summed E-state index contributed by atoms with van der Waals surface area (Å²) in [6.07, 6.45) is 1.74. The second-order valence-electron chi connectivity index (χ2n) is 3.41. The molecule has 0 atom stereocenters. The van der Waals surface area contributed by atoms with Gasteiger partial charge in [-0.1, -0.05) is 53.5 Å². The van der Waals surface area contributed by atoms with Crippen molar-refractivity contribution >= 4 is 35.1 Å². The molecule has 0 unspecified atom stereocenters. The quantitative estimate of drug-likeness (QED) is 0.644. The molecular formula is C13H10Cl2N2. The van der Waals surface area contributed by atoms with E-state index in [1.807, 2.05) is 36.4 Å². The van der Waals surface area contributed by atoms with E-state index >= 15 is 0 Å². The standard InChI is InChI=1S/C13H10Cl2N2/c14-12-7-6-11(8-13(12)15)17-16-9-10-4-2-1-3-5-10/h1-9,17H/b16-9+. The zero-order chi connectivity index (χ0) is 12.1. The lowest BCUT2D eigenvalue weighted by molar-refractivity contribution is 1.35. The number of hydrogen-bond acceptors (Lipinski definition) is 2. The van der Waals surface area contributed by atoms with Crippen LogP contribution in [-0.4, -0.2) is 6.21 Å². The van der Waals surface area contributed by atoms with Crippen LogP contribution in [0.15, 0.2) is 53.6 Å². The molecule has 0 spiro atoms. The highest BCUT2D eigenvalue weighted by Gasteiger charge is 1.97. The van der Waals surface area contributed by atoms with Crippen LogP contribution >= 0.6 is 23.2 Å². The second-order valence-corrected chi connectivity index (χ2v) is 4.22. The molecule has 2 nitrogen and oxygen atoms in total. The number of anilines is 1. The summed E-state index contributed by atoms with van der Waals surface area (Å²) in [5.41, 5.74) is 4.71. The van der Waals surface area contributed by atoms with Gasteiger partial charge in [-0.25, -0.2) is 0 Å². The summed E-state index contributed by atoms with van der Waals surface area (Å²) in [7, 11) is 0. The largest absolute Gasteiger partial charge is 0.278 e.